The Balaban J connectivity index is 1.76. The lowest BCUT2D eigenvalue weighted by Crippen LogP contribution is -2.66. The predicted molar refractivity (Wildman–Crippen MR) is 107 cm³/mol. The van der Waals surface area contributed by atoms with Gasteiger partial charge in [-0.05, 0) is 34.2 Å². The van der Waals surface area contributed by atoms with Gasteiger partial charge >= 0.3 is 0 Å². The van der Waals surface area contributed by atoms with Gasteiger partial charge in [-0.1, -0.05) is 78.9 Å². The summed E-state index contributed by atoms with van der Waals surface area (Å²) >= 11 is 0. The number of carbonyl (C=O) groups excluding carboxylic acids is 2. The highest BCUT2D eigenvalue weighted by atomic mass is 16.2. The van der Waals surface area contributed by atoms with Crippen LogP contribution in [0.15, 0.2) is 78.9 Å². The first-order valence-electron chi connectivity index (χ1n) is 9.71. The van der Waals surface area contributed by atoms with Crippen LogP contribution in [0.1, 0.15) is 29.0 Å². The zero-order valence-electron chi connectivity index (χ0n) is 15.6. The van der Waals surface area contributed by atoms with Crippen LogP contribution < -0.4 is 0 Å². The molecule has 2 amide bonds. The summed E-state index contributed by atoms with van der Waals surface area (Å²) in [5.41, 5.74) is 3.63. The minimum atomic E-state index is -0.856. The summed E-state index contributed by atoms with van der Waals surface area (Å²) in [6.45, 7) is 0. The summed E-state index contributed by atoms with van der Waals surface area (Å²) in [7, 11) is 1.64. The molecule has 28 heavy (non-hydrogen) atoms. The average molecular weight is 365 g/mol. The molecule has 3 aromatic rings. The third-order valence-corrected chi connectivity index (χ3v) is 7.25. The fraction of sp³-hybridized carbons (Fsp3) is 0.200. The molecule has 0 aromatic heterocycles. The Labute approximate surface area is 163 Å². The number of fused-ring (bicyclic) bond motifs is 3. The van der Waals surface area contributed by atoms with E-state index >= 15 is 0 Å². The molecule has 3 nitrogen and oxygen atoms in total. The van der Waals surface area contributed by atoms with Gasteiger partial charge in [0.05, 0.1) is 5.41 Å². The molecule has 3 aromatic carbocycles. The summed E-state index contributed by atoms with van der Waals surface area (Å²) in [4.78, 5) is 28.7. The molecule has 3 aliphatic rings. The molecule has 1 heterocycles. The molecule has 1 unspecified atom stereocenters. The molecule has 0 N–H and O–H groups in total. The standard InChI is InChI=1S/C25H19NO2/c1-26-22(27)24-15-21(16-9-3-2-4-10-16)25(24,23(26)28)20-14-8-6-12-18(20)17-11-5-7-13-19(17)24/h2-14,21H,15H2,1H3/t21?,24-,25-/m0/s1. The number of likely N-dealkylation sites (tertiary alicyclic amines) is 1. The van der Waals surface area contributed by atoms with Crippen LogP contribution in [0.2, 0.25) is 0 Å². The lowest BCUT2D eigenvalue weighted by Gasteiger charge is -2.60. The number of imide groups is 1. The van der Waals surface area contributed by atoms with E-state index in [4.69, 9.17) is 0 Å². The number of hydrogen-bond donors (Lipinski definition) is 0. The van der Waals surface area contributed by atoms with Crippen molar-refractivity contribution in [2.75, 3.05) is 7.05 Å². The number of benzene rings is 3. The van der Waals surface area contributed by atoms with E-state index in [9.17, 15) is 9.59 Å². The first-order chi connectivity index (χ1) is 13.6. The quantitative estimate of drug-likeness (QED) is 0.611. The van der Waals surface area contributed by atoms with Crippen LogP contribution in [-0.2, 0) is 20.4 Å². The Hall–Kier alpha value is -3.20. The molecule has 0 radical (unpaired) electrons. The Morgan fingerprint density at radius 3 is 2.04 bits per heavy atom. The molecule has 2 fully saturated rings. The van der Waals surface area contributed by atoms with Crippen LogP contribution in [0.5, 0.6) is 0 Å². The van der Waals surface area contributed by atoms with Gasteiger partial charge in [-0.25, -0.2) is 0 Å². The molecule has 2 aliphatic carbocycles. The van der Waals surface area contributed by atoms with Gasteiger partial charge in [-0.15, -0.1) is 0 Å². The molecule has 0 spiro atoms. The van der Waals surface area contributed by atoms with Crippen molar-refractivity contribution in [3.63, 3.8) is 0 Å². The normalized spacial score (nSPS) is 29.5. The third-order valence-electron chi connectivity index (χ3n) is 7.25. The van der Waals surface area contributed by atoms with Gasteiger partial charge in [0.2, 0.25) is 11.8 Å². The number of carbonyl (C=O) groups is 2. The Morgan fingerprint density at radius 1 is 0.750 bits per heavy atom. The van der Waals surface area contributed by atoms with Gasteiger partial charge in [0, 0.05) is 13.0 Å². The zero-order valence-corrected chi connectivity index (χ0v) is 15.6. The first-order valence-corrected chi connectivity index (χ1v) is 9.71. The van der Waals surface area contributed by atoms with Gasteiger partial charge in [-0.2, -0.15) is 0 Å². The van der Waals surface area contributed by atoms with E-state index in [-0.39, 0.29) is 17.7 Å². The van der Waals surface area contributed by atoms with Gasteiger partial charge in [0.25, 0.3) is 0 Å². The van der Waals surface area contributed by atoms with Crippen LogP contribution in [0.25, 0.3) is 11.1 Å². The predicted octanol–water partition coefficient (Wildman–Crippen LogP) is 4.03. The maximum Gasteiger partial charge on any atom is 0.241 e. The molecule has 3 atom stereocenters. The topological polar surface area (TPSA) is 37.4 Å². The van der Waals surface area contributed by atoms with Crippen molar-refractivity contribution in [2.45, 2.75) is 23.2 Å². The van der Waals surface area contributed by atoms with E-state index in [0.717, 1.165) is 27.8 Å². The summed E-state index contributed by atoms with van der Waals surface area (Å²) in [6, 6.07) is 26.5. The van der Waals surface area contributed by atoms with E-state index in [1.807, 2.05) is 48.5 Å². The SMILES string of the molecule is CN1C(=O)[C@@]23c4ccccc4-c4ccccc4[C@@]2(CC3c2ccccc2)C1=O. The van der Waals surface area contributed by atoms with E-state index in [2.05, 4.69) is 30.3 Å². The lowest BCUT2D eigenvalue weighted by atomic mass is 9.37. The molecular formula is C25H19NO2. The second-order valence-corrected chi connectivity index (χ2v) is 8.14. The van der Waals surface area contributed by atoms with E-state index in [1.165, 1.54) is 4.90 Å². The smallest absolute Gasteiger partial charge is 0.241 e. The van der Waals surface area contributed by atoms with Crippen LogP contribution in [0, 0.1) is 0 Å². The minimum absolute atomic E-state index is 0.00962. The third kappa shape index (κ3) is 1.44. The van der Waals surface area contributed by atoms with Gasteiger partial charge < -0.3 is 0 Å². The van der Waals surface area contributed by atoms with E-state index in [0.29, 0.717) is 6.42 Å². The number of rotatable bonds is 1. The van der Waals surface area contributed by atoms with Crippen molar-refractivity contribution in [3.05, 3.63) is 95.6 Å². The van der Waals surface area contributed by atoms with Crippen LogP contribution in [0.4, 0.5) is 0 Å². The number of nitrogens with zero attached hydrogens (tertiary/aromatic N) is 1. The summed E-state index contributed by atoms with van der Waals surface area (Å²) in [5, 5.41) is 0. The molecule has 1 aliphatic heterocycles. The lowest BCUT2D eigenvalue weighted by molar-refractivity contribution is -0.138. The van der Waals surface area contributed by atoms with Crippen LogP contribution in [-0.4, -0.2) is 23.8 Å². The highest BCUT2D eigenvalue weighted by molar-refractivity contribution is 6.20. The number of likely N-dealkylation sites (N-methyl/N-ethyl adjacent to an activating group) is 1. The summed E-state index contributed by atoms with van der Waals surface area (Å²) in [5.74, 6) is -0.143. The van der Waals surface area contributed by atoms with E-state index in [1.54, 1.807) is 7.05 Å². The van der Waals surface area contributed by atoms with Crippen LogP contribution >= 0.6 is 0 Å². The van der Waals surface area contributed by atoms with Crippen molar-refractivity contribution < 1.29 is 9.59 Å². The highest BCUT2D eigenvalue weighted by Gasteiger charge is 2.81. The first kappa shape index (κ1) is 15.8. The number of amides is 2. The van der Waals surface area contributed by atoms with Gasteiger partial charge in [0.1, 0.15) is 5.41 Å². The Morgan fingerprint density at radius 2 is 1.32 bits per heavy atom. The molecule has 136 valence electrons. The maximum atomic E-state index is 13.8. The van der Waals surface area contributed by atoms with Crippen molar-refractivity contribution in [1.82, 2.24) is 4.90 Å². The van der Waals surface area contributed by atoms with Gasteiger partial charge in [0.15, 0.2) is 0 Å². The van der Waals surface area contributed by atoms with Crippen molar-refractivity contribution >= 4 is 11.8 Å². The van der Waals surface area contributed by atoms with Crippen molar-refractivity contribution in [2.24, 2.45) is 0 Å². The molecular weight excluding hydrogens is 346 g/mol. The second kappa shape index (κ2) is 4.99. The van der Waals surface area contributed by atoms with Gasteiger partial charge in [-0.3, -0.25) is 14.5 Å². The Kier molecular flexibility index (Phi) is 2.82. The number of hydrogen-bond acceptors (Lipinski definition) is 2. The minimum Gasteiger partial charge on any atom is -0.284 e. The summed E-state index contributed by atoms with van der Waals surface area (Å²) in [6.07, 6.45) is 0.664. The molecule has 1 saturated heterocycles. The monoisotopic (exact) mass is 365 g/mol. The average Bonchev–Trinajstić information content (AvgIpc) is 2.86. The highest BCUT2D eigenvalue weighted by Crippen LogP contribution is 2.74. The zero-order chi connectivity index (χ0) is 19.1. The van der Waals surface area contributed by atoms with Crippen LogP contribution in [0.3, 0.4) is 0 Å². The largest absolute Gasteiger partial charge is 0.284 e. The van der Waals surface area contributed by atoms with Crippen molar-refractivity contribution in [1.29, 1.82) is 0 Å². The molecule has 0 bridgehead atoms. The fourth-order valence-electron chi connectivity index (χ4n) is 6.19. The summed E-state index contributed by atoms with van der Waals surface area (Å²) < 4.78 is 0. The second-order valence-electron chi connectivity index (χ2n) is 8.14. The maximum absolute atomic E-state index is 13.8. The molecule has 1 saturated carbocycles. The van der Waals surface area contributed by atoms with Crippen molar-refractivity contribution in [3.8, 4) is 11.1 Å². The van der Waals surface area contributed by atoms with E-state index < -0.39 is 10.8 Å². The fourth-order valence-corrected chi connectivity index (χ4v) is 6.19. The molecule has 6 rings (SSSR count). The Bertz CT molecular complexity index is 1170. The molecule has 3 heteroatoms.